The molecule has 3 aromatic carbocycles. The summed E-state index contributed by atoms with van der Waals surface area (Å²) in [5.41, 5.74) is 7.19. The second kappa shape index (κ2) is 11.4. The van der Waals surface area contributed by atoms with Crippen LogP contribution >= 0.6 is 0 Å². The molecular weight excluding hydrogens is 673 g/mol. The van der Waals surface area contributed by atoms with Crippen LogP contribution in [0.1, 0.15) is 24.3 Å². The molecule has 197 valence electrons. The second-order valence-corrected chi connectivity index (χ2v) is 16.0. The van der Waals surface area contributed by atoms with Gasteiger partial charge in [0.15, 0.2) is 0 Å². The van der Waals surface area contributed by atoms with Crippen LogP contribution in [0.25, 0.3) is 44.5 Å². The molecule has 0 amide bonds. The predicted octanol–water partition coefficient (Wildman–Crippen LogP) is 8.42. The summed E-state index contributed by atoms with van der Waals surface area (Å²) >= 11 is 0. The first-order valence-electron chi connectivity index (χ1n) is 13.2. The van der Waals surface area contributed by atoms with Crippen LogP contribution in [0.2, 0.25) is 19.6 Å². The average Bonchev–Trinajstić information content (AvgIpc) is 3.74. The molecule has 6 aromatic rings. The Balaban J connectivity index is 0.000000167. The smallest absolute Gasteiger partial charge is 0.120 e. The van der Waals surface area contributed by atoms with Crippen LogP contribution in [0.3, 0.4) is 0 Å². The Kier molecular flexibility index (Phi) is 7.95. The van der Waals surface area contributed by atoms with Gasteiger partial charge in [0.2, 0.25) is 0 Å². The van der Waals surface area contributed by atoms with Gasteiger partial charge in [0.25, 0.3) is 0 Å². The molecule has 39 heavy (non-hydrogen) atoms. The Labute approximate surface area is 244 Å². The zero-order valence-electron chi connectivity index (χ0n) is 22.4. The summed E-state index contributed by atoms with van der Waals surface area (Å²) in [7, 11) is -1.36. The second-order valence-electron chi connectivity index (χ2n) is 10.9. The molecule has 0 saturated heterocycles. The van der Waals surface area contributed by atoms with Crippen molar-refractivity contribution in [3.63, 3.8) is 0 Å². The molecule has 3 aromatic heterocycles. The minimum atomic E-state index is -1.36. The minimum Gasteiger partial charge on any atom is -0.501 e. The molecule has 1 saturated carbocycles. The number of rotatable bonds is 4. The number of hydrogen-bond donors (Lipinski definition) is 0. The van der Waals surface area contributed by atoms with Crippen molar-refractivity contribution in [1.29, 1.82) is 0 Å². The van der Waals surface area contributed by atoms with Gasteiger partial charge in [0.05, 0.1) is 13.7 Å². The molecule has 1 radical (unpaired) electrons. The standard InChI is InChI=1S/C20H18NOSi.C14H12N.Ir/c1-23(2,3)14-10-11-15-16-7-6-8-17(18-9-4-5-12-21-18)20(16)22-19(15)13-14;1-2-4-12(5-3-1)14-10-13(8-9-15-14)11-6-7-11;/h4-7,9-13H,1-3H3;1-4,8-11H,6-7H2;/q2*-1;. The van der Waals surface area contributed by atoms with Gasteiger partial charge in [0, 0.05) is 37.9 Å². The molecule has 0 N–H and O–H groups in total. The van der Waals surface area contributed by atoms with E-state index in [9.17, 15) is 0 Å². The maximum atomic E-state index is 6.22. The van der Waals surface area contributed by atoms with E-state index in [1.54, 1.807) is 6.20 Å². The van der Waals surface area contributed by atoms with E-state index < -0.39 is 8.07 Å². The van der Waals surface area contributed by atoms with Gasteiger partial charge in [-0.15, -0.1) is 54.1 Å². The molecule has 5 heteroatoms. The number of nitrogens with zero attached hydrogens (tertiary/aromatic N) is 2. The summed E-state index contributed by atoms with van der Waals surface area (Å²) in [5, 5.41) is 3.70. The van der Waals surface area contributed by atoms with Crippen LogP contribution in [0.15, 0.2) is 102 Å². The molecule has 0 aliphatic heterocycles. The fraction of sp³-hybridized carbons (Fsp3) is 0.176. The van der Waals surface area contributed by atoms with Crippen molar-refractivity contribution >= 4 is 35.2 Å². The van der Waals surface area contributed by atoms with Gasteiger partial charge in [0.1, 0.15) is 5.58 Å². The quantitative estimate of drug-likeness (QED) is 0.137. The van der Waals surface area contributed by atoms with Crippen molar-refractivity contribution in [3.8, 4) is 22.5 Å². The maximum absolute atomic E-state index is 6.22. The van der Waals surface area contributed by atoms with Crippen LogP contribution in [0.4, 0.5) is 0 Å². The zero-order valence-corrected chi connectivity index (χ0v) is 25.8. The number of furan rings is 1. The Morgan fingerprint density at radius 2 is 1.59 bits per heavy atom. The summed E-state index contributed by atoms with van der Waals surface area (Å²) in [6.07, 6.45) is 6.38. The number of aromatic nitrogens is 2. The normalized spacial score (nSPS) is 13.0. The molecule has 0 spiro atoms. The fourth-order valence-electron chi connectivity index (χ4n) is 4.73. The van der Waals surface area contributed by atoms with Crippen molar-refractivity contribution in [2.75, 3.05) is 0 Å². The molecular formula is C34H30IrN2OSi-2. The van der Waals surface area contributed by atoms with Crippen molar-refractivity contribution in [1.82, 2.24) is 9.97 Å². The summed E-state index contributed by atoms with van der Waals surface area (Å²) in [5.74, 6) is 0.787. The van der Waals surface area contributed by atoms with Crippen LogP contribution in [-0.4, -0.2) is 18.0 Å². The third-order valence-corrected chi connectivity index (χ3v) is 9.08. The van der Waals surface area contributed by atoms with Gasteiger partial charge in [-0.2, -0.15) is 0 Å². The number of hydrogen-bond acceptors (Lipinski definition) is 3. The Morgan fingerprint density at radius 1 is 0.769 bits per heavy atom. The summed E-state index contributed by atoms with van der Waals surface area (Å²) in [6.45, 7) is 7.05. The minimum absolute atomic E-state index is 0. The Morgan fingerprint density at radius 3 is 2.31 bits per heavy atom. The molecule has 0 bridgehead atoms. The molecule has 3 nitrogen and oxygen atoms in total. The molecule has 7 rings (SSSR count). The molecule has 3 heterocycles. The fourth-order valence-corrected chi connectivity index (χ4v) is 5.87. The average molecular weight is 703 g/mol. The molecule has 0 unspecified atom stereocenters. The summed E-state index contributed by atoms with van der Waals surface area (Å²) < 4.78 is 6.22. The number of pyridine rings is 2. The first-order valence-corrected chi connectivity index (χ1v) is 16.7. The third-order valence-electron chi connectivity index (χ3n) is 7.04. The van der Waals surface area contributed by atoms with Gasteiger partial charge in [-0.1, -0.05) is 71.7 Å². The predicted molar refractivity (Wildman–Crippen MR) is 159 cm³/mol. The van der Waals surface area contributed by atoms with E-state index in [1.165, 1.54) is 23.6 Å². The van der Waals surface area contributed by atoms with Crippen LogP contribution in [0.5, 0.6) is 0 Å². The largest absolute Gasteiger partial charge is 0.501 e. The number of benzene rings is 3. The van der Waals surface area contributed by atoms with Crippen LogP contribution < -0.4 is 5.19 Å². The van der Waals surface area contributed by atoms with Crippen molar-refractivity contribution in [3.05, 3.63) is 115 Å². The first-order chi connectivity index (χ1) is 18.5. The molecule has 1 aliphatic rings. The van der Waals surface area contributed by atoms with Gasteiger partial charge in [-0.05, 0) is 48.3 Å². The Bertz CT molecular complexity index is 1700. The van der Waals surface area contributed by atoms with Crippen molar-refractivity contribution in [2.24, 2.45) is 0 Å². The van der Waals surface area contributed by atoms with E-state index in [0.717, 1.165) is 50.4 Å². The van der Waals surface area contributed by atoms with E-state index in [2.05, 4.69) is 84.2 Å². The topological polar surface area (TPSA) is 38.9 Å². The van der Waals surface area contributed by atoms with Gasteiger partial charge in [-0.25, -0.2) is 0 Å². The molecule has 0 atom stereocenters. The SMILES string of the molecule is C[Si](C)(C)c1ccc2c(c1)oc1c(-c3ccccn3)[c-]ccc12.[Ir].[c-]1ccccc1-c1cc(C2CC2)ccn1. The van der Waals surface area contributed by atoms with E-state index in [0.29, 0.717) is 0 Å². The third kappa shape index (κ3) is 5.96. The van der Waals surface area contributed by atoms with Gasteiger partial charge in [-0.3, -0.25) is 0 Å². The number of fused-ring (bicyclic) bond motifs is 3. The Hall–Kier alpha value is -3.37. The van der Waals surface area contributed by atoms with E-state index >= 15 is 0 Å². The van der Waals surface area contributed by atoms with Crippen LogP contribution in [-0.2, 0) is 20.1 Å². The van der Waals surface area contributed by atoms with Crippen molar-refractivity contribution in [2.45, 2.75) is 38.4 Å². The van der Waals surface area contributed by atoms with Crippen molar-refractivity contribution < 1.29 is 24.5 Å². The first kappa shape index (κ1) is 27.2. The monoisotopic (exact) mass is 703 g/mol. The van der Waals surface area contributed by atoms with Gasteiger partial charge < -0.3 is 14.4 Å². The zero-order chi connectivity index (χ0) is 26.1. The van der Waals surface area contributed by atoms with E-state index in [1.807, 2.05) is 48.7 Å². The summed E-state index contributed by atoms with van der Waals surface area (Å²) in [6, 6.07) is 35.4. The van der Waals surface area contributed by atoms with E-state index in [4.69, 9.17) is 4.42 Å². The van der Waals surface area contributed by atoms with E-state index in [-0.39, 0.29) is 20.1 Å². The summed E-state index contributed by atoms with van der Waals surface area (Å²) in [4.78, 5) is 8.83. The van der Waals surface area contributed by atoms with Crippen LogP contribution in [0, 0.1) is 12.1 Å². The maximum Gasteiger partial charge on any atom is 0.120 e. The van der Waals surface area contributed by atoms with Gasteiger partial charge >= 0.3 is 0 Å². The molecule has 1 aliphatic carbocycles. The molecule has 1 fully saturated rings.